The third-order valence-electron chi connectivity index (χ3n) is 5.85. The van der Waals surface area contributed by atoms with Crippen LogP contribution < -0.4 is 10.2 Å². The van der Waals surface area contributed by atoms with Gasteiger partial charge in [0, 0.05) is 18.3 Å². The van der Waals surface area contributed by atoms with Crippen molar-refractivity contribution < 1.29 is 9.59 Å². The van der Waals surface area contributed by atoms with Gasteiger partial charge in [-0.1, -0.05) is 36.4 Å². The van der Waals surface area contributed by atoms with Crippen LogP contribution >= 0.6 is 0 Å². The number of carbonyl (C=O) groups excluding carboxylic acids is 2. The van der Waals surface area contributed by atoms with Gasteiger partial charge in [0.1, 0.15) is 17.2 Å². The number of rotatable bonds is 1. The number of anilines is 2. The van der Waals surface area contributed by atoms with Crippen LogP contribution in [0.25, 0.3) is 5.69 Å². The summed E-state index contributed by atoms with van der Waals surface area (Å²) in [6.45, 7) is 1.81. The Morgan fingerprint density at radius 3 is 2.52 bits per heavy atom. The number of nitrogens with zero attached hydrogens (tertiary/aromatic N) is 4. The van der Waals surface area contributed by atoms with Crippen molar-refractivity contribution in [1.82, 2.24) is 9.78 Å². The lowest BCUT2D eigenvalue weighted by Gasteiger charge is -2.36. The van der Waals surface area contributed by atoms with Crippen LogP contribution in [0.2, 0.25) is 0 Å². The van der Waals surface area contributed by atoms with Crippen LogP contribution in [0.15, 0.2) is 54.6 Å². The quantitative estimate of drug-likeness (QED) is 0.699. The summed E-state index contributed by atoms with van der Waals surface area (Å²) in [5.74, 6) is -1.56. The van der Waals surface area contributed by atoms with Crippen molar-refractivity contribution in [3.8, 4) is 11.8 Å². The van der Waals surface area contributed by atoms with Crippen LogP contribution in [0.3, 0.4) is 0 Å². The lowest BCUT2D eigenvalue weighted by atomic mass is 9.64. The normalized spacial score (nSPS) is 22.2. The molecular weight excluding hydrogens is 366 g/mol. The molecule has 5 rings (SSSR count). The van der Waals surface area contributed by atoms with Crippen LogP contribution in [0.5, 0.6) is 0 Å². The zero-order valence-electron chi connectivity index (χ0n) is 15.9. The number of likely N-dealkylation sites (N-methyl/N-ethyl adjacent to an activating group) is 1. The molecule has 2 aliphatic rings. The first-order valence-electron chi connectivity index (χ1n) is 9.25. The Morgan fingerprint density at radius 2 is 1.79 bits per heavy atom. The topological polar surface area (TPSA) is 91.0 Å². The number of hydrogen-bond acceptors (Lipinski definition) is 4. The van der Waals surface area contributed by atoms with E-state index in [9.17, 15) is 14.9 Å². The molecule has 0 radical (unpaired) electrons. The van der Waals surface area contributed by atoms with Crippen molar-refractivity contribution in [2.24, 2.45) is 5.92 Å². The molecule has 29 heavy (non-hydrogen) atoms. The molecule has 3 heterocycles. The molecule has 0 aliphatic carbocycles. The fourth-order valence-electron chi connectivity index (χ4n) is 4.67. The fraction of sp³-hybridized carbons (Fsp3) is 0.182. The lowest BCUT2D eigenvalue weighted by Crippen LogP contribution is -2.52. The second-order valence-electron chi connectivity index (χ2n) is 7.30. The van der Waals surface area contributed by atoms with E-state index in [1.54, 1.807) is 18.7 Å². The SMILES string of the molecule is Cc1nn(-c2ccccc2)c2c1C1(C(=O)N(C)c3ccccc31)C(C#N)C(=O)N2. The Hall–Kier alpha value is -3.92. The van der Waals surface area contributed by atoms with Crippen LogP contribution in [0.1, 0.15) is 16.8 Å². The van der Waals surface area contributed by atoms with Crippen LogP contribution in [0.4, 0.5) is 11.5 Å². The third kappa shape index (κ3) is 1.98. The first kappa shape index (κ1) is 17.2. The predicted octanol–water partition coefficient (Wildman–Crippen LogP) is 2.54. The Labute approximate surface area is 167 Å². The molecule has 2 atom stereocenters. The number of nitriles is 1. The molecule has 1 aromatic heterocycles. The molecule has 142 valence electrons. The molecule has 7 nitrogen and oxygen atoms in total. The molecule has 1 N–H and O–H groups in total. The summed E-state index contributed by atoms with van der Waals surface area (Å²) in [5, 5.41) is 17.4. The van der Waals surface area contributed by atoms with Crippen LogP contribution in [-0.4, -0.2) is 28.6 Å². The Bertz CT molecular complexity index is 1220. The smallest absolute Gasteiger partial charge is 0.244 e. The van der Waals surface area contributed by atoms with E-state index in [0.717, 1.165) is 5.69 Å². The van der Waals surface area contributed by atoms with Gasteiger partial charge in [-0.05, 0) is 30.7 Å². The number of para-hydroxylation sites is 2. The van der Waals surface area contributed by atoms with Crippen LogP contribution in [0, 0.1) is 24.2 Å². The van der Waals surface area contributed by atoms with Gasteiger partial charge in [0.2, 0.25) is 11.8 Å². The van der Waals surface area contributed by atoms with Crippen molar-refractivity contribution >= 4 is 23.3 Å². The van der Waals surface area contributed by atoms with Gasteiger partial charge in [0.25, 0.3) is 0 Å². The number of benzene rings is 2. The molecule has 2 aliphatic heterocycles. The number of fused-ring (bicyclic) bond motifs is 4. The molecule has 3 aromatic rings. The summed E-state index contributed by atoms with van der Waals surface area (Å²) in [7, 11) is 1.67. The van der Waals surface area contributed by atoms with E-state index in [1.807, 2.05) is 54.6 Å². The molecule has 0 saturated heterocycles. The minimum atomic E-state index is -1.42. The highest BCUT2D eigenvalue weighted by Crippen LogP contribution is 2.55. The van der Waals surface area contributed by atoms with Gasteiger partial charge in [-0.25, -0.2) is 4.68 Å². The third-order valence-corrected chi connectivity index (χ3v) is 5.85. The minimum Gasteiger partial charge on any atom is -0.314 e. The van der Waals surface area contributed by atoms with Gasteiger partial charge in [-0.2, -0.15) is 10.4 Å². The van der Waals surface area contributed by atoms with Gasteiger partial charge in [-0.15, -0.1) is 0 Å². The molecule has 0 fully saturated rings. The zero-order chi connectivity index (χ0) is 20.3. The number of aromatic nitrogens is 2. The lowest BCUT2D eigenvalue weighted by molar-refractivity contribution is -0.129. The highest BCUT2D eigenvalue weighted by molar-refractivity contribution is 6.17. The number of hydrogen-bond donors (Lipinski definition) is 1. The molecule has 2 aromatic carbocycles. The van der Waals surface area contributed by atoms with E-state index in [2.05, 4.69) is 16.5 Å². The highest BCUT2D eigenvalue weighted by Gasteiger charge is 2.63. The van der Waals surface area contributed by atoms with Crippen molar-refractivity contribution in [1.29, 1.82) is 5.26 Å². The molecule has 1 spiro atoms. The van der Waals surface area contributed by atoms with Crippen molar-refractivity contribution in [3.63, 3.8) is 0 Å². The number of nitrogens with one attached hydrogen (secondary N) is 1. The Morgan fingerprint density at radius 1 is 1.10 bits per heavy atom. The maximum Gasteiger partial charge on any atom is 0.244 e. The standard InChI is InChI=1S/C22H17N5O2/c1-13-18-19(27(25-13)14-8-4-3-5-9-14)24-20(28)16(12-23)22(18)15-10-6-7-11-17(15)26(2)21(22)29/h3-11,16H,1-2H3,(H,24,28). The first-order chi connectivity index (χ1) is 14.0. The molecule has 2 unspecified atom stereocenters. The molecule has 0 bridgehead atoms. The summed E-state index contributed by atoms with van der Waals surface area (Å²) >= 11 is 0. The van der Waals surface area contributed by atoms with Crippen molar-refractivity contribution in [2.75, 3.05) is 17.3 Å². The second-order valence-corrected chi connectivity index (χ2v) is 7.30. The minimum absolute atomic E-state index is 0.294. The van der Waals surface area contributed by atoms with E-state index in [-0.39, 0.29) is 5.91 Å². The maximum absolute atomic E-state index is 13.7. The summed E-state index contributed by atoms with van der Waals surface area (Å²) in [4.78, 5) is 28.3. The molecule has 7 heteroatoms. The number of carbonyl (C=O) groups is 2. The monoisotopic (exact) mass is 383 g/mol. The van der Waals surface area contributed by atoms with E-state index in [1.165, 1.54) is 4.90 Å². The summed E-state index contributed by atoms with van der Waals surface area (Å²) in [5.41, 5.74) is 1.87. The number of aryl methyl sites for hydroxylation is 1. The predicted molar refractivity (Wildman–Crippen MR) is 107 cm³/mol. The van der Waals surface area contributed by atoms with Gasteiger partial charge >= 0.3 is 0 Å². The Kier molecular flexibility index (Phi) is 3.43. The van der Waals surface area contributed by atoms with E-state index in [4.69, 9.17) is 0 Å². The summed E-state index contributed by atoms with van der Waals surface area (Å²) in [6, 6.07) is 18.8. The summed E-state index contributed by atoms with van der Waals surface area (Å²) < 4.78 is 1.63. The largest absolute Gasteiger partial charge is 0.314 e. The van der Waals surface area contributed by atoms with Gasteiger partial charge in [0.15, 0.2) is 0 Å². The number of amides is 2. The fourth-order valence-corrected chi connectivity index (χ4v) is 4.67. The van der Waals surface area contributed by atoms with E-state index in [0.29, 0.717) is 28.3 Å². The second kappa shape index (κ2) is 5.79. The van der Waals surface area contributed by atoms with Crippen LogP contribution in [-0.2, 0) is 15.0 Å². The van der Waals surface area contributed by atoms with Gasteiger partial charge in [0.05, 0.1) is 17.5 Å². The zero-order valence-corrected chi connectivity index (χ0v) is 15.9. The maximum atomic E-state index is 13.7. The molecular formula is C22H17N5O2. The van der Waals surface area contributed by atoms with Gasteiger partial charge in [-0.3, -0.25) is 9.59 Å². The average molecular weight is 383 g/mol. The van der Waals surface area contributed by atoms with Crippen molar-refractivity contribution in [2.45, 2.75) is 12.3 Å². The average Bonchev–Trinajstić information content (AvgIpc) is 3.18. The van der Waals surface area contributed by atoms with E-state index >= 15 is 0 Å². The molecule has 0 saturated carbocycles. The molecule has 2 amide bonds. The summed E-state index contributed by atoms with van der Waals surface area (Å²) in [6.07, 6.45) is 0. The van der Waals surface area contributed by atoms with Gasteiger partial charge < -0.3 is 10.2 Å². The highest BCUT2D eigenvalue weighted by atomic mass is 16.2. The van der Waals surface area contributed by atoms with E-state index < -0.39 is 17.2 Å². The Balaban J connectivity index is 1.90. The first-order valence-corrected chi connectivity index (χ1v) is 9.25. The van der Waals surface area contributed by atoms with Crippen molar-refractivity contribution in [3.05, 3.63) is 71.4 Å².